The van der Waals surface area contributed by atoms with Gasteiger partial charge in [-0.05, 0) is 13.3 Å². The maximum atomic E-state index is 9.95. The molecule has 0 saturated carbocycles. The first kappa shape index (κ1) is 14.4. The van der Waals surface area contributed by atoms with E-state index in [0.717, 1.165) is 6.42 Å². The normalized spacial score (nSPS) is 12.1. The van der Waals surface area contributed by atoms with Gasteiger partial charge in [0.15, 0.2) is 0 Å². The van der Waals surface area contributed by atoms with Gasteiger partial charge in [-0.15, -0.1) is 0 Å². The molecule has 5 heteroatoms. The number of nitriles is 1. The third-order valence-electron chi connectivity index (χ3n) is 3.00. The molecular formula is C13H19N3O2. The second-order valence-electron chi connectivity index (χ2n) is 4.20. The van der Waals surface area contributed by atoms with E-state index in [4.69, 9.17) is 5.26 Å². The molecule has 18 heavy (non-hydrogen) atoms. The summed E-state index contributed by atoms with van der Waals surface area (Å²) in [7, 11) is 0. The summed E-state index contributed by atoms with van der Waals surface area (Å²) < 4.78 is 0. The van der Waals surface area contributed by atoms with Crippen molar-refractivity contribution in [1.82, 2.24) is 10.3 Å². The predicted molar refractivity (Wildman–Crippen MR) is 67.7 cm³/mol. The van der Waals surface area contributed by atoms with Crippen molar-refractivity contribution < 1.29 is 10.2 Å². The summed E-state index contributed by atoms with van der Waals surface area (Å²) in [6.45, 7) is 3.98. The summed E-state index contributed by atoms with van der Waals surface area (Å²) in [6.07, 6.45) is 2.83. The van der Waals surface area contributed by atoms with Gasteiger partial charge in [-0.25, -0.2) is 0 Å². The molecule has 0 aromatic carbocycles. The first-order chi connectivity index (χ1) is 8.63. The number of rotatable bonds is 6. The largest absolute Gasteiger partial charge is 0.506 e. The van der Waals surface area contributed by atoms with Crippen LogP contribution in [0.2, 0.25) is 0 Å². The highest BCUT2D eigenvalue weighted by atomic mass is 16.3. The average molecular weight is 249 g/mol. The molecule has 0 bridgehead atoms. The first-order valence-electron chi connectivity index (χ1n) is 6.01. The number of aromatic nitrogens is 1. The van der Waals surface area contributed by atoms with Gasteiger partial charge in [0.05, 0.1) is 24.8 Å². The minimum absolute atomic E-state index is 0.0921. The van der Waals surface area contributed by atoms with E-state index in [1.165, 1.54) is 0 Å². The second kappa shape index (κ2) is 6.94. The standard InChI is InChI=1S/C13H19N3O2/c1-3-11(4-5-14)16-7-12-10(8-17)6-15-9(2)13(12)18/h6,11,16-18H,3-4,7-8H2,1-2H3. The Morgan fingerprint density at radius 3 is 2.83 bits per heavy atom. The van der Waals surface area contributed by atoms with Crippen LogP contribution in [0.4, 0.5) is 0 Å². The van der Waals surface area contributed by atoms with Gasteiger partial charge >= 0.3 is 0 Å². The van der Waals surface area contributed by atoms with E-state index >= 15 is 0 Å². The zero-order chi connectivity index (χ0) is 13.5. The number of hydrogen-bond acceptors (Lipinski definition) is 5. The lowest BCUT2D eigenvalue weighted by molar-refractivity contribution is 0.278. The Bertz CT molecular complexity index is 441. The van der Waals surface area contributed by atoms with Crippen LogP contribution in [-0.2, 0) is 13.2 Å². The Balaban J connectivity index is 2.83. The summed E-state index contributed by atoms with van der Waals surface area (Å²) in [5.41, 5.74) is 1.80. The van der Waals surface area contributed by atoms with Gasteiger partial charge in [0, 0.05) is 29.9 Å². The Morgan fingerprint density at radius 2 is 2.28 bits per heavy atom. The van der Waals surface area contributed by atoms with E-state index in [9.17, 15) is 10.2 Å². The molecule has 0 aliphatic carbocycles. The zero-order valence-electron chi connectivity index (χ0n) is 10.8. The maximum Gasteiger partial charge on any atom is 0.141 e. The summed E-state index contributed by atoms with van der Waals surface area (Å²) in [6, 6.07) is 2.21. The number of aliphatic hydroxyl groups is 1. The number of nitrogens with zero attached hydrogens (tertiary/aromatic N) is 2. The first-order valence-corrected chi connectivity index (χ1v) is 6.01. The van der Waals surface area contributed by atoms with E-state index in [1.807, 2.05) is 6.92 Å². The van der Waals surface area contributed by atoms with Crippen LogP contribution in [0.3, 0.4) is 0 Å². The summed E-state index contributed by atoms with van der Waals surface area (Å²) in [4.78, 5) is 4.00. The highest BCUT2D eigenvalue weighted by molar-refractivity contribution is 5.40. The third kappa shape index (κ3) is 3.42. The van der Waals surface area contributed by atoms with Gasteiger partial charge in [0.1, 0.15) is 5.75 Å². The van der Waals surface area contributed by atoms with Gasteiger partial charge < -0.3 is 15.5 Å². The van der Waals surface area contributed by atoms with Gasteiger partial charge in [-0.1, -0.05) is 6.92 Å². The van der Waals surface area contributed by atoms with E-state index in [1.54, 1.807) is 13.1 Å². The Morgan fingerprint density at radius 1 is 1.56 bits per heavy atom. The predicted octanol–water partition coefficient (Wildman–Crippen LogP) is 1.37. The van der Waals surface area contributed by atoms with Crippen molar-refractivity contribution in [2.24, 2.45) is 0 Å². The smallest absolute Gasteiger partial charge is 0.141 e. The van der Waals surface area contributed by atoms with Crippen LogP contribution in [-0.4, -0.2) is 21.2 Å². The van der Waals surface area contributed by atoms with Crippen molar-refractivity contribution in [1.29, 1.82) is 5.26 Å². The van der Waals surface area contributed by atoms with E-state index in [2.05, 4.69) is 16.4 Å². The quantitative estimate of drug-likeness (QED) is 0.708. The molecule has 0 radical (unpaired) electrons. The van der Waals surface area contributed by atoms with Crippen molar-refractivity contribution in [3.63, 3.8) is 0 Å². The molecule has 0 spiro atoms. The molecule has 3 N–H and O–H groups in total. The van der Waals surface area contributed by atoms with Crippen LogP contribution in [0.5, 0.6) is 5.75 Å². The van der Waals surface area contributed by atoms with Crippen LogP contribution in [0.15, 0.2) is 6.20 Å². The Labute approximate surface area is 107 Å². The summed E-state index contributed by atoms with van der Waals surface area (Å²) in [5.74, 6) is 0.112. The minimum atomic E-state index is -0.160. The number of pyridine rings is 1. The van der Waals surface area contributed by atoms with Gasteiger partial charge in [-0.3, -0.25) is 4.98 Å². The molecule has 1 aromatic rings. The minimum Gasteiger partial charge on any atom is -0.506 e. The van der Waals surface area contributed by atoms with Crippen LogP contribution in [0, 0.1) is 18.3 Å². The molecule has 1 atom stereocenters. The number of aliphatic hydroxyl groups excluding tert-OH is 1. The molecule has 0 fully saturated rings. The van der Waals surface area contributed by atoms with E-state index in [0.29, 0.717) is 29.8 Å². The second-order valence-corrected chi connectivity index (χ2v) is 4.20. The molecule has 5 nitrogen and oxygen atoms in total. The highest BCUT2D eigenvalue weighted by Gasteiger charge is 2.13. The van der Waals surface area contributed by atoms with E-state index < -0.39 is 0 Å². The fraction of sp³-hybridized carbons (Fsp3) is 0.538. The number of hydrogen-bond donors (Lipinski definition) is 3. The molecule has 0 aliphatic heterocycles. The number of nitrogens with one attached hydrogen (secondary N) is 1. The van der Waals surface area contributed by atoms with Gasteiger partial charge in [0.25, 0.3) is 0 Å². The Kier molecular flexibility index (Phi) is 5.56. The van der Waals surface area contributed by atoms with Crippen LogP contribution in [0.25, 0.3) is 0 Å². The topological polar surface area (TPSA) is 89.2 Å². The lowest BCUT2D eigenvalue weighted by Gasteiger charge is -2.16. The lowest BCUT2D eigenvalue weighted by Crippen LogP contribution is -2.28. The number of aromatic hydroxyl groups is 1. The van der Waals surface area contributed by atoms with Crippen LogP contribution < -0.4 is 5.32 Å². The molecule has 0 saturated heterocycles. The highest BCUT2D eigenvalue weighted by Crippen LogP contribution is 2.23. The molecule has 0 amide bonds. The van der Waals surface area contributed by atoms with Gasteiger partial charge in [0.2, 0.25) is 0 Å². The van der Waals surface area contributed by atoms with Crippen molar-refractivity contribution in [3.8, 4) is 11.8 Å². The van der Waals surface area contributed by atoms with Crippen molar-refractivity contribution in [2.45, 2.75) is 45.9 Å². The Hall–Kier alpha value is -1.64. The van der Waals surface area contributed by atoms with Crippen LogP contribution in [0.1, 0.15) is 36.6 Å². The van der Waals surface area contributed by atoms with Crippen LogP contribution >= 0.6 is 0 Å². The summed E-state index contributed by atoms with van der Waals surface area (Å²) in [5, 5.41) is 31.1. The fourth-order valence-corrected chi connectivity index (χ4v) is 1.74. The molecule has 1 unspecified atom stereocenters. The lowest BCUT2D eigenvalue weighted by atomic mass is 10.1. The molecular weight excluding hydrogens is 230 g/mol. The van der Waals surface area contributed by atoms with Crippen molar-refractivity contribution >= 4 is 0 Å². The number of aryl methyl sites for hydroxylation is 1. The maximum absolute atomic E-state index is 9.95. The van der Waals surface area contributed by atoms with Crippen molar-refractivity contribution in [2.75, 3.05) is 0 Å². The fourth-order valence-electron chi connectivity index (χ4n) is 1.74. The molecule has 1 aromatic heterocycles. The molecule has 98 valence electrons. The summed E-state index contributed by atoms with van der Waals surface area (Å²) >= 11 is 0. The average Bonchev–Trinajstić information content (AvgIpc) is 2.38. The SMILES string of the molecule is CCC(CC#N)NCc1c(CO)cnc(C)c1O. The molecule has 1 rings (SSSR count). The van der Waals surface area contributed by atoms with Crippen molar-refractivity contribution in [3.05, 3.63) is 23.0 Å². The van der Waals surface area contributed by atoms with Gasteiger partial charge in [-0.2, -0.15) is 5.26 Å². The third-order valence-corrected chi connectivity index (χ3v) is 3.00. The molecule has 1 heterocycles. The monoisotopic (exact) mass is 249 g/mol. The van der Waals surface area contributed by atoms with E-state index in [-0.39, 0.29) is 18.4 Å². The molecule has 0 aliphatic rings. The zero-order valence-corrected chi connectivity index (χ0v) is 10.8.